The fourth-order valence-electron chi connectivity index (χ4n) is 7.93. The summed E-state index contributed by atoms with van der Waals surface area (Å²) >= 11 is 0. The van der Waals surface area contributed by atoms with Crippen LogP contribution in [0.2, 0.25) is 0 Å². The lowest BCUT2D eigenvalue weighted by atomic mass is 9.88. The lowest BCUT2D eigenvalue weighted by molar-refractivity contribution is 0.964. The van der Waals surface area contributed by atoms with Crippen molar-refractivity contribution in [1.82, 2.24) is 29.8 Å². The number of nitrogens with zero attached hydrogens (tertiary/aromatic N) is 5. The SMILES string of the molecule is Cc1c(-c2nc(C3=CCNC=C3)nc(-c3ccncc3)n2)cc(-c2ccccc2)c(-n2c3ccccc3c3cc(-c4ccccc4)ccc32)c1-c1ccccc1. The maximum atomic E-state index is 5.22. The average Bonchev–Trinajstić information content (AvgIpc) is 3.61. The smallest absolute Gasteiger partial charge is 0.164 e. The van der Waals surface area contributed by atoms with Gasteiger partial charge in [-0.05, 0) is 83.4 Å². The second-order valence-electron chi connectivity index (χ2n) is 13.9. The number of nitrogens with one attached hydrogen (secondary N) is 1. The molecule has 1 aliphatic heterocycles. The first kappa shape index (κ1) is 33.2. The highest BCUT2D eigenvalue weighted by atomic mass is 15.0. The first-order chi connectivity index (χ1) is 27.7. The highest BCUT2D eigenvalue weighted by Crippen LogP contribution is 2.46. The molecule has 6 aromatic carbocycles. The molecule has 6 heteroatoms. The summed E-state index contributed by atoms with van der Waals surface area (Å²) in [5.41, 5.74) is 14.0. The molecule has 6 nitrogen and oxygen atoms in total. The zero-order valence-corrected chi connectivity index (χ0v) is 30.8. The third-order valence-electron chi connectivity index (χ3n) is 10.6. The summed E-state index contributed by atoms with van der Waals surface area (Å²) in [4.78, 5) is 19.7. The van der Waals surface area contributed by atoms with Gasteiger partial charge in [0.15, 0.2) is 17.5 Å². The number of rotatable bonds is 7. The molecule has 1 aliphatic rings. The predicted octanol–water partition coefficient (Wildman–Crippen LogP) is 11.5. The number of aromatic nitrogens is 5. The van der Waals surface area contributed by atoms with Crippen LogP contribution in [0.4, 0.5) is 0 Å². The number of dihydropyridines is 1. The van der Waals surface area contributed by atoms with E-state index in [0.717, 1.165) is 61.2 Å². The van der Waals surface area contributed by atoms with Crippen LogP contribution in [0.5, 0.6) is 0 Å². The van der Waals surface area contributed by atoms with Crippen molar-refractivity contribution in [1.29, 1.82) is 0 Å². The molecule has 3 aromatic heterocycles. The molecule has 0 saturated heterocycles. The van der Waals surface area contributed by atoms with Crippen molar-refractivity contribution < 1.29 is 0 Å². The van der Waals surface area contributed by atoms with E-state index in [4.69, 9.17) is 15.0 Å². The molecule has 0 atom stereocenters. The predicted molar refractivity (Wildman–Crippen MR) is 229 cm³/mol. The molecule has 0 amide bonds. The van der Waals surface area contributed by atoms with Gasteiger partial charge < -0.3 is 9.88 Å². The maximum absolute atomic E-state index is 5.22. The molecule has 0 saturated carbocycles. The van der Waals surface area contributed by atoms with E-state index in [-0.39, 0.29) is 0 Å². The van der Waals surface area contributed by atoms with Crippen molar-refractivity contribution in [2.24, 2.45) is 0 Å². The Morgan fingerprint density at radius 1 is 0.518 bits per heavy atom. The van der Waals surface area contributed by atoms with Crippen molar-refractivity contribution in [3.05, 3.63) is 194 Å². The second kappa shape index (κ2) is 14.1. The molecule has 0 radical (unpaired) electrons. The molecule has 56 heavy (non-hydrogen) atoms. The van der Waals surface area contributed by atoms with Gasteiger partial charge in [0.2, 0.25) is 0 Å². The summed E-state index contributed by atoms with van der Waals surface area (Å²) in [7, 11) is 0. The highest BCUT2D eigenvalue weighted by molar-refractivity contribution is 6.12. The van der Waals surface area contributed by atoms with Gasteiger partial charge in [-0.1, -0.05) is 121 Å². The van der Waals surface area contributed by atoms with Crippen LogP contribution >= 0.6 is 0 Å². The van der Waals surface area contributed by atoms with E-state index < -0.39 is 0 Å². The Labute approximate surface area is 325 Å². The second-order valence-corrected chi connectivity index (χ2v) is 13.9. The Bertz CT molecular complexity index is 2950. The van der Waals surface area contributed by atoms with Crippen LogP contribution in [0, 0.1) is 6.92 Å². The van der Waals surface area contributed by atoms with Crippen molar-refractivity contribution >= 4 is 27.4 Å². The van der Waals surface area contributed by atoms with Crippen LogP contribution in [-0.2, 0) is 0 Å². The van der Waals surface area contributed by atoms with Gasteiger partial charge in [0.25, 0.3) is 0 Å². The molecule has 266 valence electrons. The summed E-state index contributed by atoms with van der Waals surface area (Å²) in [5, 5.41) is 5.66. The summed E-state index contributed by atoms with van der Waals surface area (Å²) in [5.74, 6) is 1.84. The Balaban J connectivity index is 1.32. The van der Waals surface area contributed by atoms with Crippen LogP contribution < -0.4 is 5.32 Å². The average molecular weight is 721 g/mol. The van der Waals surface area contributed by atoms with E-state index >= 15 is 0 Å². The van der Waals surface area contributed by atoms with Crippen LogP contribution in [-0.4, -0.2) is 31.0 Å². The number of benzene rings is 6. The molecule has 9 aromatic rings. The van der Waals surface area contributed by atoms with E-state index in [1.54, 1.807) is 12.4 Å². The van der Waals surface area contributed by atoms with Gasteiger partial charge in [-0.25, -0.2) is 15.0 Å². The number of allylic oxidation sites excluding steroid dienone is 2. The molecular formula is C50H36N6. The fourth-order valence-corrected chi connectivity index (χ4v) is 7.93. The van der Waals surface area contributed by atoms with Gasteiger partial charge in [-0.15, -0.1) is 0 Å². The van der Waals surface area contributed by atoms with Gasteiger partial charge in [-0.2, -0.15) is 0 Å². The quantitative estimate of drug-likeness (QED) is 0.178. The molecule has 1 N–H and O–H groups in total. The van der Waals surface area contributed by atoms with Gasteiger partial charge in [0.05, 0.1) is 16.7 Å². The number of fused-ring (bicyclic) bond motifs is 3. The fraction of sp³-hybridized carbons (Fsp3) is 0.0400. The number of para-hydroxylation sites is 1. The van der Waals surface area contributed by atoms with E-state index in [2.05, 4.69) is 167 Å². The minimum Gasteiger partial charge on any atom is -0.387 e. The number of hydrogen-bond donors (Lipinski definition) is 1. The van der Waals surface area contributed by atoms with E-state index in [1.165, 1.54) is 21.9 Å². The number of pyridine rings is 1. The van der Waals surface area contributed by atoms with Crippen molar-refractivity contribution in [3.63, 3.8) is 0 Å². The van der Waals surface area contributed by atoms with Crippen LogP contribution in [0.1, 0.15) is 11.4 Å². The lowest BCUT2D eigenvalue weighted by Gasteiger charge is -2.23. The zero-order valence-electron chi connectivity index (χ0n) is 30.8. The molecule has 10 rings (SSSR count). The van der Waals surface area contributed by atoms with Crippen molar-refractivity contribution in [2.45, 2.75) is 6.92 Å². The normalized spacial score (nSPS) is 12.5. The van der Waals surface area contributed by atoms with Crippen molar-refractivity contribution in [2.75, 3.05) is 6.54 Å². The number of hydrogen-bond acceptors (Lipinski definition) is 5. The summed E-state index contributed by atoms with van der Waals surface area (Å²) in [6.45, 7) is 2.91. The third kappa shape index (κ3) is 5.85. The van der Waals surface area contributed by atoms with Gasteiger partial charge in [-0.3, -0.25) is 4.98 Å². The van der Waals surface area contributed by atoms with Gasteiger partial charge in [0.1, 0.15) is 0 Å². The largest absolute Gasteiger partial charge is 0.387 e. The van der Waals surface area contributed by atoms with E-state index in [9.17, 15) is 0 Å². The van der Waals surface area contributed by atoms with E-state index in [0.29, 0.717) is 24.0 Å². The lowest BCUT2D eigenvalue weighted by Crippen LogP contribution is -2.11. The molecule has 0 fully saturated rings. The highest BCUT2D eigenvalue weighted by Gasteiger charge is 2.26. The summed E-state index contributed by atoms with van der Waals surface area (Å²) in [6.07, 6.45) is 9.63. The van der Waals surface area contributed by atoms with Crippen LogP contribution in [0.25, 0.3) is 89.2 Å². The Hall–Kier alpha value is -7.44. The molecular weight excluding hydrogens is 685 g/mol. The minimum atomic E-state index is 0.600. The first-order valence-corrected chi connectivity index (χ1v) is 18.9. The topological polar surface area (TPSA) is 68.5 Å². The Morgan fingerprint density at radius 2 is 1.16 bits per heavy atom. The van der Waals surface area contributed by atoms with Crippen LogP contribution in [0.15, 0.2) is 182 Å². The van der Waals surface area contributed by atoms with Crippen molar-refractivity contribution in [3.8, 4) is 61.8 Å². The monoisotopic (exact) mass is 720 g/mol. The molecule has 0 unspecified atom stereocenters. The third-order valence-corrected chi connectivity index (χ3v) is 10.6. The molecule has 0 spiro atoms. The summed E-state index contributed by atoms with van der Waals surface area (Å²) in [6, 6.07) is 53.8. The standard InChI is InChI=1S/C50H36N6/c1-33-41(50-54-48(37-23-27-51-28-24-37)53-49(55-50)38-25-29-52-30-26-38)32-42(35-15-7-3-8-16-35)47(46(33)36-17-9-4-10-18-36)56-44-20-12-11-19-40(44)43-31-39(21-22-45(43)56)34-13-5-2-6-14-34/h2-29,31-32,52H,30H2,1H3. The van der Waals surface area contributed by atoms with Crippen LogP contribution in [0.3, 0.4) is 0 Å². The molecule has 0 bridgehead atoms. The maximum Gasteiger partial charge on any atom is 0.164 e. The summed E-state index contributed by atoms with van der Waals surface area (Å²) < 4.78 is 2.47. The molecule has 4 heterocycles. The zero-order chi connectivity index (χ0) is 37.4. The van der Waals surface area contributed by atoms with Gasteiger partial charge >= 0.3 is 0 Å². The minimum absolute atomic E-state index is 0.600. The Morgan fingerprint density at radius 3 is 1.89 bits per heavy atom. The Kier molecular flexibility index (Phi) is 8.34. The molecule has 0 aliphatic carbocycles. The van der Waals surface area contributed by atoms with Gasteiger partial charge in [0, 0.05) is 57.5 Å². The van der Waals surface area contributed by atoms with E-state index in [1.807, 2.05) is 24.4 Å². The first-order valence-electron chi connectivity index (χ1n) is 18.9.